The second kappa shape index (κ2) is 8.46. The van der Waals surface area contributed by atoms with Crippen molar-refractivity contribution < 1.29 is 14.0 Å². The maximum absolute atomic E-state index is 12.8. The summed E-state index contributed by atoms with van der Waals surface area (Å²) in [6.45, 7) is 22.4. The standard InChI is InChI=1S/C22H42O3Si2/c1-17(23)19(26(6,7)8)16-22(5)18(13-14-20(22)24)12-11-15-25-27(9,10)21(2,3)4/h11-12,18-19H,13-16H2,1-10H3/b12-11+/t18-,19?,22+/m0/s1. The molecule has 1 unspecified atom stereocenters. The highest BCUT2D eigenvalue weighted by atomic mass is 28.4. The Morgan fingerprint density at radius 2 is 1.81 bits per heavy atom. The third-order valence-corrected chi connectivity index (χ3v) is 14.2. The van der Waals surface area contributed by atoms with Crippen LogP contribution in [0.25, 0.3) is 0 Å². The van der Waals surface area contributed by atoms with Gasteiger partial charge in [-0.25, -0.2) is 0 Å². The third kappa shape index (κ3) is 5.97. The van der Waals surface area contributed by atoms with Crippen molar-refractivity contribution in [2.24, 2.45) is 11.3 Å². The van der Waals surface area contributed by atoms with Crippen molar-refractivity contribution in [1.29, 1.82) is 0 Å². The Morgan fingerprint density at radius 1 is 1.26 bits per heavy atom. The fourth-order valence-electron chi connectivity index (χ4n) is 3.85. The van der Waals surface area contributed by atoms with Crippen molar-refractivity contribution in [1.82, 2.24) is 0 Å². The third-order valence-electron chi connectivity index (χ3n) is 7.02. The molecule has 0 spiro atoms. The first-order valence-corrected chi connectivity index (χ1v) is 16.9. The fraction of sp³-hybridized carbons (Fsp3) is 0.818. The molecule has 0 aromatic heterocycles. The molecule has 156 valence electrons. The molecule has 1 aliphatic carbocycles. The summed E-state index contributed by atoms with van der Waals surface area (Å²) in [4.78, 5) is 25.0. The van der Waals surface area contributed by atoms with E-state index in [-0.39, 0.29) is 22.3 Å². The minimum absolute atomic E-state index is 0.0453. The van der Waals surface area contributed by atoms with Crippen LogP contribution in [0.1, 0.15) is 53.9 Å². The predicted molar refractivity (Wildman–Crippen MR) is 121 cm³/mol. The number of hydrogen-bond acceptors (Lipinski definition) is 3. The molecule has 0 heterocycles. The topological polar surface area (TPSA) is 43.4 Å². The van der Waals surface area contributed by atoms with Crippen LogP contribution in [0.3, 0.4) is 0 Å². The Morgan fingerprint density at radius 3 is 2.26 bits per heavy atom. The SMILES string of the molecule is CC(=O)C(C[C@@]1(C)C(=O)CC[C@@H]1/C=C/CO[Si](C)(C)C(C)(C)C)[Si](C)(C)C. The molecule has 0 radical (unpaired) electrons. The summed E-state index contributed by atoms with van der Waals surface area (Å²) in [5, 5.41) is 0.199. The van der Waals surface area contributed by atoms with E-state index in [0.29, 0.717) is 25.2 Å². The fourth-order valence-corrected chi connectivity index (χ4v) is 7.05. The molecule has 0 bridgehead atoms. The molecule has 5 heteroatoms. The lowest BCUT2D eigenvalue weighted by Gasteiger charge is -2.37. The monoisotopic (exact) mass is 410 g/mol. The summed E-state index contributed by atoms with van der Waals surface area (Å²) in [5.41, 5.74) is -0.367. The van der Waals surface area contributed by atoms with Crippen LogP contribution in [-0.4, -0.2) is 34.6 Å². The molecule has 1 aliphatic rings. The molecule has 0 N–H and O–H groups in total. The summed E-state index contributed by atoms with van der Waals surface area (Å²) in [6.07, 6.45) is 6.53. The maximum atomic E-state index is 12.8. The van der Waals surface area contributed by atoms with E-state index in [1.54, 1.807) is 6.92 Å². The van der Waals surface area contributed by atoms with Crippen LogP contribution in [0.2, 0.25) is 43.3 Å². The molecule has 0 amide bonds. The van der Waals surface area contributed by atoms with Gasteiger partial charge in [-0.15, -0.1) is 0 Å². The van der Waals surface area contributed by atoms with Crippen LogP contribution in [0.15, 0.2) is 12.2 Å². The molecule has 0 aromatic carbocycles. The quantitative estimate of drug-likeness (QED) is 0.351. The first kappa shape index (κ1) is 24.5. The van der Waals surface area contributed by atoms with Crippen molar-refractivity contribution in [2.45, 2.75) is 97.2 Å². The van der Waals surface area contributed by atoms with E-state index in [0.717, 1.165) is 6.42 Å². The smallest absolute Gasteiger partial charge is 0.192 e. The van der Waals surface area contributed by atoms with Crippen molar-refractivity contribution >= 4 is 28.0 Å². The highest BCUT2D eigenvalue weighted by molar-refractivity contribution is 6.80. The summed E-state index contributed by atoms with van der Waals surface area (Å²) in [5.74, 6) is 0.789. The molecular weight excluding hydrogens is 368 g/mol. The number of carbonyl (C=O) groups is 2. The van der Waals surface area contributed by atoms with E-state index < -0.39 is 21.8 Å². The highest BCUT2D eigenvalue weighted by Crippen LogP contribution is 2.48. The molecule has 3 atom stereocenters. The van der Waals surface area contributed by atoms with Gasteiger partial charge in [0.1, 0.15) is 11.6 Å². The molecule has 3 nitrogen and oxygen atoms in total. The minimum atomic E-state index is -1.75. The van der Waals surface area contributed by atoms with E-state index in [1.165, 1.54) is 0 Å². The van der Waals surface area contributed by atoms with Crippen molar-refractivity contribution in [3.63, 3.8) is 0 Å². The van der Waals surface area contributed by atoms with E-state index in [9.17, 15) is 9.59 Å². The maximum Gasteiger partial charge on any atom is 0.192 e. The zero-order valence-electron chi connectivity index (χ0n) is 19.4. The van der Waals surface area contributed by atoms with Crippen molar-refractivity contribution in [2.75, 3.05) is 6.61 Å². The number of allylic oxidation sites excluding steroid dienone is 1. The summed E-state index contributed by atoms with van der Waals surface area (Å²) >= 11 is 0. The summed E-state index contributed by atoms with van der Waals surface area (Å²) in [6, 6.07) is 0. The number of Topliss-reactive ketones (excluding diaryl/α,β-unsaturated/α-hetero) is 2. The van der Waals surface area contributed by atoms with Gasteiger partial charge in [0.05, 0.1) is 14.7 Å². The lowest BCUT2D eigenvalue weighted by Crippen LogP contribution is -2.41. The summed E-state index contributed by atoms with van der Waals surface area (Å²) in [7, 11) is -3.41. The molecule has 1 fully saturated rings. The van der Waals surface area contributed by atoms with Gasteiger partial charge in [-0.3, -0.25) is 4.79 Å². The van der Waals surface area contributed by atoms with Crippen molar-refractivity contribution in [3.8, 4) is 0 Å². The zero-order valence-corrected chi connectivity index (χ0v) is 21.4. The van der Waals surface area contributed by atoms with E-state index in [1.807, 2.05) is 0 Å². The first-order valence-electron chi connectivity index (χ1n) is 10.4. The molecule has 1 rings (SSSR count). The Bertz CT molecular complexity index is 581. The zero-order chi connectivity index (χ0) is 21.3. The normalized spacial score (nSPS) is 26.0. The van der Waals surface area contributed by atoms with Gasteiger partial charge in [0.25, 0.3) is 0 Å². The summed E-state index contributed by atoms with van der Waals surface area (Å²) < 4.78 is 6.24. The Kier molecular flexibility index (Phi) is 7.68. The minimum Gasteiger partial charge on any atom is -0.413 e. The largest absolute Gasteiger partial charge is 0.413 e. The number of carbonyl (C=O) groups excluding carboxylic acids is 2. The van der Waals surface area contributed by atoms with Crippen LogP contribution in [0, 0.1) is 11.3 Å². The average Bonchev–Trinajstić information content (AvgIpc) is 2.75. The van der Waals surface area contributed by atoms with Gasteiger partial charge in [0, 0.05) is 17.4 Å². The van der Waals surface area contributed by atoms with Crippen LogP contribution >= 0.6 is 0 Å². The van der Waals surface area contributed by atoms with E-state index >= 15 is 0 Å². The lowest BCUT2D eigenvalue weighted by atomic mass is 9.74. The Balaban J connectivity index is 2.88. The first-order chi connectivity index (χ1) is 12.0. The van der Waals surface area contributed by atoms with Gasteiger partial charge in [-0.2, -0.15) is 0 Å². The molecule has 0 aliphatic heterocycles. The van der Waals surface area contributed by atoms with Gasteiger partial charge >= 0.3 is 0 Å². The average molecular weight is 411 g/mol. The molecule has 0 saturated heterocycles. The van der Waals surface area contributed by atoms with Gasteiger partial charge in [-0.1, -0.05) is 59.5 Å². The predicted octanol–water partition coefficient (Wildman–Crippen LogP) is 6.24. The van der Waals surface area contributed by atoms with Gasteiger partial charge in [0.2, 0.25) is 0 Å². The Hall–Kier alpha value is -0.526. The van der Waals surface area contributed by atoms with Crippen LogP contribution in [-0.2, 0) is 14.0 Å². The lowest BCUT2D eigenvalue weighted by molar-refractivity contribution is -0.126. The van der Waals surface area contributed by atoms with E-state index in [2.05, 4.69) is 72.6 Å². The molecule has 1 saturated carbocycles. The molecule has 0 aromatic rings. The van der Waals surface area contributed by atoms with Gasteiger partial charge < -0.3 is 9.22 Å². The van der Waals surface area contributed by atoms with Crippen LogP contribution in [0.5, 0.6) is 0 Å². The number of rotatable bonds is 8. The molecular formula is C22H42O3Si2. The highest BCUT2D eigenvalue weighted by Gasteiger charge is 2.48. The van der Waals surface area contributed by atoms with Crippen LogP contribution in [0.4, 0.5) is 0 Å². The van der Waals surface area contributed by atoms with Gasteiger partial charge in [-0.05, 0) is 43.8 Å². The van der Waals surface area contributed by atoms with Crippen LogP contribution < -0.4 is 0 Å². The molecule has 27 heavy (non-hydrogen) atoms. The second-order valence-electron chi connectivity index (χ2n) is 11.2. The van der Waals surface area contributed by atoms with Crippen molar-refractivity contribution in [3.05, 3.63) is 12.2 Å². The van der Waals surface area contributed by atoms with E-state index in [4.69, 9.17) is 4.43 Å². The van der Waals surface area contributed by atoms with Gasteiger partial charge in [0.15, 0.2) is 8.32 Å². The number of ketones is 2. The second-order valence-corrected chi connectivity index (χ2v) is 21.5. The number of hydrogen-bond donors (Lipinski definition) is 0. The Labute approximate surface area is 169 Å².